The van der Waals surface area contributed by atoms with Crippen LogP contribution in [0, 0.1) is 0 Å². The summed E-state index contributed by atoms with van der Waals surface area (Å²) in [4.78, 5) is 36.2. The third kappa shape index (κ3) is 4.91. The van der Waals surface area contributed by atoms with E-state index in [-0.39, 0.29) is 11.8 Å². The van der Waals surface area contributed by atoms with Crippen molar-refractivity contribution in [1.82, 2.24) is 25.5 Å². The second-order valence-electron chi connectivity index (χ2n) is 9.02. The van der Waals surface area contributed by atoms with Crippen LogP contribution in [0.4, 0.5) is 5.69 Å². The number of pyridine rings is 1. The zero-order chi connectivity index (χ0) is 25.9. The van der Waals surface area contributed by atoms with Crippen molar-refractivity contribution in [2.24, 2.45) is 0 Å². The lowest BCUT2D eigenvalue weighted by molar-refractivity contribution is -0.120. The van der Waals surface area contributed by atoms with Crippen LogP contribution in [0.2, 0.25) is 0 Å². The number of aromatic amines is 1. The highest BCUT2D eigenvalue weighted by molar-refractivity contribution is 7.07. The molecule has 0 saturated heterocycles. The number of hydrogen-bond donors (Lipinski definition) is 2. The first-order valence-electron chi connectivity index (χ1n) is 12.2. The highest BCUT2D eigenvalue weighted by Crippen LogP contribution is 2.40. The minimum absolute atomic E-state index is 0.0239. The fourth-order valence-corrected chi connectivity index (χ4v) is 5.38. The van der Waals surface area contributed by atoms with Gasteiger partial charge in [-0.3, -0.25) is 15.1 Å². The Morgan fingerprint density at radius 3 is 2.71 bits per heavy atom. The third-order valence-electron chi connectivity index (χ3n) is 6.64. The van der Waals surface area contributed by atoms with E-state index in [4.69, 9.17) is 4.42 Å². The molecule has 10 heteroatoms. The molecule has 0 bridgehead atoms. The molecule has 190 valence electrons. The minimum atomic E-state index is -0.622. The monoisotopic (exact) mass is 524 g/mol. The number of H-pyrrole nitrogens is 1. The summed E-state index contributed by atoms with van der Waals surface area (Å²) in [5, 5.41) is 11.8. The second kappa shape index (κ2) is 10.5. The van der Waals surface area contributed by atoms with Gasteiger partial charge in [0.25, 0.3) is 0 Å². The summed E-state index contributed by atoms with van der Waals surface area (Å²) in [7, 11) is 0. The highest BCUT2D eigenvalue weighted by atomic mass is 32.1. The number of carbonyl (C=O) groups excluding carboxylic acids is 1. The Bertz CT molecular complexity index is 1600. The number of hydrogen-bond acceptors (Lipinski definition) is 8. The van der Waals surface area contributed by atoms with Gasteiger partial charge in [-0.1, -0.05) is 30.3 Å². The summed E-state index contributed by atoms with van der Waals surface area (Å²) in [6.07, 6.45) is 4.60. The van der Waals surface area contributed by atoms with Gasteiger partial charge in [0, 0.05) is 42.1 Å². The molecule has 1 aliphatic heterocycles. The maximum Gasteiger partial charge on any atom is 0.434 e. The minimum Gasteiger partial charge on any atom is -0.388 e. The molecule has 0 unspecified atom stereocenters. The van der Waals surface area contributed by atoms with Crippen LogP contribution in [-0.2, 0) is 24.2 Å². The molecule has 2 aromatic carbocycles. The molecule has 9 nitrogen and oxygen atoms in total. The van der Waals surface area contributed by atoms with Crippen LogP contribution in [0.25, 0.3) is 22.6 Å². The van der Waals surface area contributed by atoms with Crippen molar-refractivity contribution in [1.29, 1.82) is 0 Å². The molecule has 5 aromatic rings. The van der Waals surface area contributed by atoms with E-state index in [1.165, 1.54) is 11.3 Å². The van der Waals surface area contributed by atoms with Crippen molar-refractivity contribution >= 4 is 22.9 Å². The van der Waals surface area contributed by atoms with Gasteiger partial charge in [-0.2, -0.15) is 0 Å². The number of amides is 1. The van der Waals surface area contributed by atoms with Crippen molar-refractivity contribution in [3.05, 3.63) is 105 Å². The molecular formula is C28H24N6O3S. The normalized spacial score (nSPS) is 13.4. The number of fused-ring (bicyclic) bond motifs is 1. The largest absolute Gasteiger partial charge is 0.434 e. The Morgan fingerprint density at radius 1 is 1.13 bits per heavy atom. The molecule has 0 spiro atoms. The Balaban J connectivity index is 1.38. The maximum atomic E-state index is 14.1. The SMILES string of the molecule is O=C([C@H](Cc1ccccc1)NCc1cscn1)N1CCc2c(-c3n[nH]c(=O)o3)cc(-c3ccncc3)cc21. The van der Waals surface area contributed by atoms with Crippen molar-refractivity contribution in [2.75, 3.05) is 11.4 Å². The number of anilines is 1. The summed E-state index contributed by atoms with van der Waals surface area (Å²) < 4.78 is 5.33. The van der Waals surface area contributed by atoms with E-state index in [1.54, 1.807) is 17.9 Å². The standard InChI is InChI=1S/C28H24N6O3S/c35-27(24(12-18-4-2-1-3-5-18)30-15-21-16-38-17-31-21)34-11-8-22-23(26-32-33-28(36)37-26)13-20(14-25(22)34)19-6-9-29-10-7-19/h1-7,9-10,13-14,16-17,24,30H,8,11-12,15H2,(H,33,36)/t24-/m0/s1. The Labute approximate surface area is 222 Å². The molecule has 38 heavy (non-hydrogen) atoms. The summed E-state index contributed by atoms with van der Waals surface area (Å²) in [5.41, 5.74) is 7.97. The van der Waals surface area contributed by atoms with Crippen LogP contribution in [0.1, 0.15) is 16.8 Å². The number of benzene rings is 2. The number of thiazole rings is 1. The molecule has 1 aliphatic rings. The quantitative estimate of drug-likeness (QED) is 0.317. The van der Waals surface area contributed by atoms with Crippen molar-refractivity contribution < 1.29 is 9.21 Å². The van der Waals surface area contributed by atoms with Gasteiger partial charge in [-0.25, -0.2) is 14.9 Å². The van der Waals surface area contributed by atoms with Crippen LogP contribution in [-0.4, -0.2) is 38.7 Å². The molecule has 0 fully saturated rings. The van der Waals surface area contributed by atoms with Gasteiger partial charge in [0.05, 0.1) is 17.2 Å². The van der Waals surface area contributed by atoms with Crippen LogP contribution < -0.4 is 16.0 Å². The molecular weight excluding hydrogens is 500 g/mol. The van der Waals surface area contributed by atoms with E-state index >= 15 is 0 Å². The van der Waals surface area contributed by atoms with E-state index < -0.39 is 11.8 Å². The van der Waals surface area contributed by atoms with Crippen molar-refractivity contribution in [2.45, 2.75) is 25.4 Å². The van der Waals surface area contributed by atoms with Gasteiger partial charge in [0.1, 0.15) is 0 Å². The average Bonchev–Trinajstić information content (AvgIpc) is 3.72. The van der Waals surface area contributed by atoms with E-state index in [2.05, 4.69) is 25.5 Å². The van der Waals surface area contributed by atoms with Crippen LogP contribution in [0.15, 0.2) is 87.1 Å². The fraction of sp³-hybridized carbons (Fsp3) is 0.179. The van der Waals surface area contributed by atoms with Crippen molar-refractivity contribution in [3.8, 4) is 22.6 Å². The fourth-order valence-electron chi connectivity index (χ4n) is 4.82. The summed E-state index contributed by atoms with van der Waals surface area (Å²) in [6.45, 7) is 1.01. The molecule has 1 atom stereocenters. The predicted molar refractivity (Wildman–Crippen MR) is 145 cm³/mol. The van der Waals surface area contributed by atoms with Crippen LogP contribution in [0.5, 0.6) is 0 Å². The lowest BCUT2D eigenvalue weighted by Crippen LogP contribution is -2.47. The van der Waals surface area contributed by atoms with E-state index in [9.17, 15) is 9.59 Å². The van der Waals surface area contributed by atoms with Gasteiger partial charge in [0.15, 0.2) is 0 Å². The zero-order valence-electron chi connectivity index (χ0n) is 20.3. The molecule has 1 amide bonds. The number of nitrogens with one attached hydrogen (secondary N) is 2. The summed E-state index contributed by atoms with van der Waals surface area (Å²) >= 11 is 1.53. The molecule has 0 saturated carbocycles. The molecule has 6 rings (SSSR count). The number of aromatic nitrogens is 4. The predicted octanol–water partition coefficient (Wildman–Crippen LogP) is 3.84. The Hall–Kier alpha value is -4.41. The number of nitrogens with zero attached hydrogens (tertiary/aromatic N) is 4. The Kier molecular flexibility index (Phi) is 6.63. The van der Waals surface area contributed by atoms with E-state index in [1.807, 2.05) is 64.9 Å². The molecule has 3 aromatic heterocycles. The molecule has 0 aliphatic carbocycles. The summed E-state index contributed by atoms with van der Waals surface area (Å²) in [5.74, 6) is -0.439. The van der Waals surface area contributed by atoms with E-state index in [0.29, 0.717) is 31.5 Å². The smallest absolute Gasteiger partial charge is 0.388 e. The number of rotatable bonds is 8. The Morgan fingerprint density at radius 2 is 1.97 bits per heavy atom. The first-order chi connectivity index (χ1) is 18.7. The van der Waals surface area contributed by atoms with Gasteiger partial charge < -0.3 is 9.32 Å². The van der Waals surface area contributed by atoms with Crippen LogP contribution in [0.3, 0.4) is 0 Å². The van der Waals surface area contributed by atoms with Crippen molar-refractivity contribution in [3.63, 3.8) is 0 Å². The van der Waals surface area contributed by atoms with Gasteiger partial charge in [-0.05, 0) is 59.4 Å². The second-order valence-corrected chi connectivity index (χ2v) is 9.74. The average molecular weight is 525 g/mol. The van der Waals surface area contributed by atoms with E-state index in [0.717, 1.165) is 33.6 Å². The highest BCUT2D eigenvalue weighted by Gasteiger charge is 2.33. The maximum absolute atomic E-state index is 14.1. The third-order valence-corrected chi connectivity index (χ3v) is 7.28. The van der Waals surface area contributed by atoms with Gasteiger partial charge in [-0.15, -0.1) is 16.4 Å². The first kappa shape index (κ1) is 24.0. The lowest BCUT2D eigenvalue weighted by Gasteiger charge is -2.25. The first-order valence-corrected chi connectivity index (χ1v) is 13.2. The molecule has 2 N–H and O–H groups in total. The molecule has 0 radical (unpaired) electrons. The lowest BCUT2D eigenvalue weighted by atomic mass is 9.97. The zero-order valence-corrected chi connectivity index (χ0v) is 21.1. The molecule has 4 heterocycles. The summed E-state index contributed by atoms with van der Waals surface area (Å²) in [6, 6.07) is 17.3. The number of carbonyl (C=O) groups is 1. The van der Waals surface area contributed by atoms with Gasteiger partial charge in [0.2, 0.25) is 11.8 Å². The van der Waals surface area contributed by atoms with Crippen LogP contribution >= 0.6 is 11.3 Å². The van der Waals surface area contributed by atoms with Gasteiger partial charge >= 0.3 is 5.76 Å². The topological polar surface area (TPSA) is 117 Å².